The molecule has 7 heteroatoms. The van der Waals surface area contributed by atoms with Crippen LogP contribution in [0.15, 0.2) is 24.3 Å². The summed E-state index contributed by atoms with van der Waals surface area (Å²) in [6.45, 7) is 2.20. The van der Waals surface area contributed by atoms with Gasteiger partial charge in [-0.3, -0.25) is 9.59 Å². The summed E-state index contributed by atoms with van der Waals surface area (Å²) in [6.07, 6.45) is 3.63. The molecule has 0 bridgehead atoms. The Labute approximate surface area is 165 Å². The second-order valence-corrected chi connectivity index (χ2v) is 8.10. The first-order valence-electron chi connectivity index (χ1n) is 10.00. The normalized spacial score (nSPS) is 27.2. The minimum atomic E-state index is -0.338. The van der Waals surface area contributed by atoms with E-state index < -0.39 is 0 Å². The van der Waals surface area contributed by atoms with Crippen molar-refractivity contribution < 1.29 is 18.7 Å². The number of methoxy groups -OCH3 is 1. The lowest BCUT2D eigenvalue weighted by molar-refractivity contribution is -0.156. The number of likely N-dealkylation sites (tertiary alicyclic amines) is 1. The SMILES string of the molecule is COC1(CN)CC(C(=O)N2CCCC(CC(=O)NCc3ccc(F)cc3)C2)C1. The van der Waals surface area contributed by atoms with Crippen LogP contribution in [0.2, 0.25) is 0 Å². The summed E-state index contributed by atoms with van der Waals surface area (Å²) in [5.41, 5.74) is 6.29. The number of hydrogen-bond acceptors (Lipinski definition) is 4. The van der Waals surface area contributed by atoms with Gasteiger partial charge in [0, 0.05) is 45.6 Å². The number of piperidine rings is 1. The van der Waals surface area contributed by atoms with Gasteiger partial charge in [0.05, 0.1) is 5.60 Å². The molecule has 6 nitrogen and oxygen atoms in total. The van der Waals surface area contributed by atoms with E-state index in [0.717, 1.165) is 24.9 Å². The van der Waals surface area contributed by atoms with Gasteiger partial charge in [0.25, 0.3) is 0 Å². The first-order valence-corrected chi connectivity index (χ1v) is 10.00. The zero-order valence-corrected chi connectivity index (χ0v) is 16.5. The van der Waals surface area contributed by atoms with E-state index in [9.17, 15) is 14.0 Å². The molecular formula is C21H30FN3O3. The van der Waals surface area contributed by atoms with E-state index in [0.29, 0.717) is 38.9 Å². The lowest BCUT2D eigenvalue weighted by Gasteiger charge is -2.47. The molecule has 1 aromatic rings. The number of nitrogens with two attached hydrogens (primary N) is 1. The van der Waals surface area contributed by atoms with Crippen LogP contribution in [0.3, 0.4) is 0 Å². The van der Waals surface area contributed by atoms with Gasteiger partial charge in [-0.25, -0.2) is 4.39 Å². The van der Waals surface area contributed by atoms with E-state index in [4.69, 9.17) is 10.5 Å². The number of carbonyl (C=O) groups excluding carboxylic acids is 2. The Balaban J connectivity index is 1.43. The summed E-state index contributed by atoms with van der Waals surface area (Å²) in [5, 5.41) is 2.89. The molecule has 2 fully saturated rings. The lowest BCUT2D eigenvalue weighted by atomic mass is 9.70. The van der Waals surface area contributed by atoms with Crippen molar-refractivity contribution in [3.63, 3.8) is 0 Å². The number of amides is 2. The zero-order valence-electron chi connectivity index (χ0n) is 16.5. The Morgan fingerprint density at radius 3 is 2.68 bits per heavy atom. The van der Waals surface area contributed by atoms with Crippen LogP contribution in [0.1, 0.15) is 37.7 Å². The van der Waals surface area contributed by atoms with Gasteiger partial charge in [0.1, 0.15) is 5.82 Å². The van der Waals surface area contributed by atoms with Gasteiger partial charge in [-0.15, -0.1) is 0 Å². The molecule has 0 spiro atoms. The highest BCUT2D eigenvalue weighted by Crippen LogP contribution is 2.41. The molecule has 1 atom stereocenters. The summed E-state index contributed by atoms with van der Waals surface area (Å²) < 4.78 is 18.4. The Morgan fingerprint density at radius 1 is 1.32 bits per heavy atom. The van der Waals surface area contributed by atoms with Crippen LogP contribution in [0.4, 0.5) is 4.39 Å². The van der Waals surface area contributed by atoms with Crippen LogP contribution in [-0.2, 0) is 20.9 Å². The van der Waals surface area contributed by atoms with Gasteiger partial charge in [-0.05, 0) is 49.3 Å². The van der Waals surface area contributed by atoms with Crippen LogP contribution in [0.5, 0.6) is 0 Å². The molecule has 0 aromatic heterocycles. The number of nitrogens with zero attached hydrogens (tertiary/aromatic N) is 1. The highest BCUT2D eigenvalue weighted by Gasteiger charge is 2.48. The minimum Gasteiger partial charge on any atom is -0.377 e. The van der Waals surface area contributed by atoms with Crippen molar-refractivity contribution in [1.82, 2.24) is 10.2 Å². The molecule has 1 saturated carbocycles. The third kappa shape index (κ3) is 4.89. The van der Waals surface area contributed by atoms with Crippen molar-refractivity contribution in [3.05, 3.63) is 35.6 Å². The molecule has 28 heavy (non-hydrogen) atoms. The fourth-order valence-electron chi connectivity index (χ4n) is 4.26. The van der Waals surface area contributed by atoms with Crippen LogP contribution < -0.4 is 11.1 Å². The standard InChI is InChI=1S/C21H30FN3O3/c1-28-21(14-23)10-17(11-21)20(27)25-8-2-3-16(13-25)9-19(26)24-12-15-4-6-18(22)7-5-15/h4-7,16-17H,2-3,8-14,23H2,1H3,(H,24,26). The molecule has 154 valence electrons. The maximum atomic E-state index is 12.9. The van der Waals surface area contributed by atoms with Gasteiger partial charge in [-0.2, -0.15) is 0 Å². The number of halogens is 1. The van der Waals surface area contributed by atoms with Gasteiger partial charge >= 0.3 is 0 Å². The summed E-state index contributed by atoms with van der Waals surface area (Å²) in [5.74, 6) is -0.00344. The summed E-state index contributed by atoms with van der Waals surface area (Å²) in [4.78, 5) is 26.9. The average Bonchev–Trinajstić information content (AvgIpc) is 2.67. The maximum absolute atomic E-state index is 12.9. The quantitative estimate of drug-likeness (QED) is 0.743. The molecule has 3 N–H and O–H groups in total. The molecule has 0 radical (unpaired) electrons. The smallest absolute Gasteiger partial charge is 0.225 e. The van der Waals surface area contributed by atoms with Crippen molar-refractivity contribution in [3.8, 4) is 0 Å². The summed E-state index contributed by atoms with van der Waals surface area (Å²) in [6, 6.07) is 6.10. The van der Waals surface area contributed by atoms with E-state index in [-0.39, 0.29) is 35.1 Å². The molecule has 2 amide bonds. The molecule has 1 saturated heterocycles. The largest absolute Gasteiger partial charge is 0.377 e. The maximum Gasteiger partial charge on any atom is 0.225 e. The molecular weight excluding hydrogens is 361 g/mol. The first-order chi connectivity index (χ1) is 13.4. The van der Waals surface area contributed by atoms with Crippen molar-refractivity contribution >= 4 is 11.8 Å². The van der Waals surface area contributed by atoms with Gasteiger partial charge in [0.2, 0.25) is 11.8 Å². The molecule has 1 unspecified atom stereocenters. The van der Waals surface area contributed by atoms with Crippen LogP contribution in [-0.4, -0.2) is 49.1 Å². The third-order valence-corrected chi connectivity index (χ3v) is 6.10. The van der Waals surface area contributed by atoms with Crippen LogP contribution >= 0.6 is 0 Å². The number of benzene rings is 1. The number of ether oxygens (including phenoxy) is 1. The van der Waals surface area contributed by atoms with E-state index in [1.807, 2.05) is 4.90 Å². The fourth-order valence-corrected chi connectivity index (χ4v) is 4.26. The molecule has 1 aromatic carbocycles. The van der Waals surface area contributed by atoms with E-state index in [2.05, 4.69) is 5.32 Å². The van der Waals surface area contributed by atoms with E-state index >= 15 is 0 Å². The van der Waals surface area contributed by atoms with Gasteiger partial charge < -0.3 is 20.7 Å². The summed E-state index contributed by atoms with van der Waals surface area (Å²) in [7, 11) is 1.65. The Hall–Kier alpha value is -1.99. The second kappa shape index (κ2) is 9.01. The topological polar surface area (TPSA) is 84.7 Å². The Kier molecular flexibility index (Phi) is 6.67. The monoisotopic (exact) mass is 391 g/mol. The second-order valence-electron chi connectivity index (χ2n) is 8.10. The minimum absolute atomic E-state index is 0.0189. The predicted molar refractivity (Wildman–Crippen MR) is 104 cm³/mol. The number of carbonyl (C=O) groups is 2. The van der Waals surface area contributed by atoms with Crippen molar-refractivity contribution in [2.45, 2.75) is 44.2 Å². The highest BCUT2D eigenvalue weighted by atomic mass is 19.1. The van der Waals surface area contributed by atoms with Crippen molar-refractivity contribution in [1.29, 1.82) is 0 Å². The zero-order chi connectivity index (χ0) is 20.1. The van der Waals surface area contributed by atoms with Crippen LogP contribution in [0, 0.1) is 17.7 Å². The highest BCUT2D eigenvalue weighted by molar-refractivity contribution is 5.80. The first kappa shape index (κ1) is 20.7. The van der Waals surface area contributed by atoms with E-state index in [1.165, 1.54) is 12.1 Å². The number of rotatable bonds is 7. The molecule has 1 aliphatic carbocycles. The Morgan fingerprint density at radius 2 is 2.04 bits per heavy atom. The van der Waals surface area contributed by atoms with Crippen molar-refractivity contribution in [2.75, 3.05) is 26.7 Å². The molecule has 1 heterocycles. The number of hydrogen-bond donors (Lipinski definition) is 2. The predicted octanol–water partition coefficient (Wildman–Crippen LogP) is 1.82. The van der Waals surface area contributed by atoms with Crippen LogP contribution in [0.25, 0.3) is 0 Å². The third-order valence-electron chi connectivity index (χ3n) is 6.10. The molecule has 2 aliphatic rings. The summed E-state index contributed by atoms with van der Waals surface area (Å²) >= 11 is 0. The fraction of sp³-hybridized carbons (Fsp3) is 0.619. The lowest BCUT2D eigenvalue weighted by Crippen LogP contribution is -2.57. The van der Waals surface area contributed by atoms with Gasteiger partial charge in [-0.1, -0.05) is 12.1 Å². The van der Waals surface area contributed by atoms with Crippen molar-refractivity contribution in [2.24, 2.45) is 17.6 Å². The van der Waals surface area contributed by atoms with Gasteiger partial charge in [0.15, 0.2) is 0 Å². The van der Waals surface area contributed by atoms with E-state index in [1.54, 1.807) is 19.2 Å². The molecule has 1 aliphatic heterocycles. The average molecular weight is 391 g/mol. The molecule has 3 rings (SSSR count). The Bertz CT molecular complexity index is 683. The number of nitrogens with one attached hydrogen (secondary N) is 1.